The lowest BCUT2D eigenvalue weighted by Crippen LogP contribution is -2.20. The molecule has 0 fully saturated rings. The van der Waals surface area contributed by atoms with Crippen LogP contribution in [0.2, 0.25) is 0 Å². The number of hydrogen-bond acceptors (Lipinski definition) is 2. The molecule has 0 bridgehead atoms. The molecule has 0 saturated heterocycles. The molecule has 0 spiro atoms. The molecule has 1 heterocycles. The molecule has 0 aliphatic heterocycles. The number of benzene rings is 1. The van der Waals surface area contributed by atoms with Crippen LogP contribution in [0.5, 0.6) is 0 Å². The first-order valence-electron chi connectivity index (χ1n) is 5.76. The minimum atomic E-state index is -0.653. The lowest BCUT2D eigenvalue weighted by Gasteiger charge is -2.17. The van der Waals surface area contributed by atoms with Crippen molar-refractivity contribution in [1.82, 2.24) is 4.57 Å². The zero-order valence-electron chi connectivity index (χ0n) is 10.2. The van der Waals surface area contributed by atoms with Gasteiger partial charge in [-0.3, -0.25) is 4.79 Å². The van der Waals surface area contributed by atoms with E-state index < -0.39 is 5.60 Å². The molecule has 90 valence electrons. The Labute approximate surface area is 101 Å². The van der Waals surface area contributed by atoms with Gasteiger partial charge in [0.05, 0.1) is 5.60 Å². The second-order valence-electron chi connectivity index (χ2n) is 5.01. The van der Waals surface area contributed by atoms with Gasteiger partial charge in [0.1, 0.15) is 6.29 Å². The Hall–Kier alpha value is -1.61. The smallest absolute Gasteiger partial charge is 0.150 e. The van der Waals surface area contributed by atoms with Crippen LogP contribution in [0.4, 0.5) is 0 Å². The summed E-state index contributed by atoms with van der Waals surface area (Å²) in [6, 6.07) is 7.63. The van der Waals surface area contributed by atoms with E-state index in [1.807, 2.05) is 44.3 Å². The summed E-state index contributed by atoms with van der Waals surface area (Å²) in [4.78, 5) is 10.7. The average Bonchev–Trinajstić information content (AvgIpc) is 2.67. The minimum absolute atomic E-state index is 0.653. The number of hydrogen-bond donors (Lipinski definition) is 1. The summed E-state index contributed by atoms with van der Waals surface area (Å²) in [7, 11) is 0. The lowest BCUT2D eigenvalue weighted by molar-refractivity contribution is 0.0666. The number of aldehydes is 1. The molecule has 2 aromatic rings. The molecular formula is C14H17NO2. The maximum absolute atomic E-state index is 10.7. The van der Waals surface area contributed by atoms with Crippen LogP contribution in [0.3, 0.4) is 0 Å². The van der Waals surface area contributed by atoms with E-state index in [4.69, 9.17) is 0 Å². The summed E-state index contributed by atoms with van der Waals surface area (Å²) >= 11 is 0. The van der Waals surface area contributed by atoms with Gasteiger partial charge in [0, 0.05) is 29.2 Å². The van der Waals surface area contributed by atoms with Crippen LogP contribution in [0, 0.1) is 0 Å². The first-order valence-corrected chi connectivity index (χ1v) is 5.76. The Balaban J connectivity index is 2.27. The highest BCUT2D eigenvalue weighted by atomic mass is 16.3. The van der Waals surface area contributed by atoms with Crippen LogP contribution in [-0.4, -0.2) is 21.6 Å². The standard InChI is InChI=1S/C14H17NO2/c1-14(2,17)6-8-15-7-5-12-9-11(10-16)3-4-13(12)15/h3-5,7,9-10,17H,6,8H2,1-2H3. The van der Waals surface area contributed by atoms with Crippen LogP contribution in [0.1, 0.15) is 30.6 Å². The predicted octanol–water partition coefficient (Wildman–Crippen LogP) is 2.61. The van der Waals surface area contributed by atoms with Crippen LogP contribution < -0.4 is 0 Å². The van der Waals surface area contributed by atoms with Crippen molar-refractivity contribution in [3.63, 3.8) is 0 Å². The van der Waals surface area contributed by atoms with Crippen molar-refractivity contribution >= 4 is 17.2 Å². The Morgan fingerprint density at radius 2 is 2.12 bits per heavy atom. The van der Waals surface area contributed by atoms with Crippen molar-refractivity contribution in [3.05, 3.63) is 36.0 Å². The van der Waals surface area contributed by atoms with Crippen molar-refractivity contribution in [2.24, 2.45) is 0 Å². The highest BCUT2D eigenvalue weighted by Gasteiger charge is 2.12. The fourth-order valence-electron chi connectivity index (χ4n) is 1.88. The number of nitrogens with zero attached hydrogens (tertiary/aromatic N) is 1. The molecule has 1 N–H and O–H groups in total. The van der Waals surface area contributed by atoms with E-state index in [2.05, 4.69) is 4.57 Å². The summed E-state index contributed by atoms with van der Waals surface area (Å²) in [5.74, 6) is 0. The van der Waals surface area contributed by atoms with Gasteiger partial charge in [0.2, 0.25) is 0 Å². The number of aromatic nitrogens is 1. The monoisotopic (exact) mass is 231 g/mol. The van der Waals surface area contributed by atoms with Gasteiger partial charge < -0.3 is 9.67 Å². The van der Waals surface area contributed by atoms with Gasteiger partial charge in [-0.15, -0.1) is 0 Å². The molecule has 1 aromatic carbocycles. The Morgan fingerprint density at radius 3 is 2.76 bits per heavy atom. The van der Waals surface area contributed by atoms with E-state index in [9.17, 15) is 9.90 Å². The van der Waals surface area contributed by atoms with Gasteiger partial charge in [0.25, 0.3) is 0 Å². The van der Waals surface area contributed by atoms with Crippen LogP contribution in [0.15, 0.2) is 30.5 Å². The molecule has 0 atom stereocenters. The minimum Gasteiger partial charge on any atom is -0.390 e. The molecule has 0 aliphatic rings. The summed E-state index contributed by atoms with van der Waals surface area (Å²) < 4.78 is 2.10. The number of rotatable bonds is 4. The van der Waals surface area contributed by atoms with Gasteiger partial charge in [-0.2, -0.15) is 0 Å². The third-order valence-corrected chi connectivity index (χ3v) is 2.90. The molecule has 0 unspecified atom stereocenters. The fraction of sp³-hybridized carbons (Fsp3) is 0.357. The van der Waals surface area contributed by atoms with E-state index in [1.54, 1.807) is 0 Å². The number of carbonyl (C=O) groups is 1. The second kappa shape index (κ2) is 4.34. The fourth-order valence-corrected chi connectivity index (χ4v) is 1.88. The quantitative estimate of drug-likeness (QED) is 0.822. The van der Waals surface area contributed by atoms with Gasteiger partial charge in [0.15, 0.2) is 0 Å². The van der Waals surface area contributed by atoms with E-state index in [0.29, 0.717) is 12.0 Å². The molecule has 0 aliphatic carbocycles. The molecule has 3 nitrogen and oxygen atoms in total. The number of carbonyl (C=O) groups excluding carboxylic acids is 1. The molecule has 0 amide bonds. The predicted molar refractivity (Wildman–Crippen MR) is 68.2 cm³/mol. The van der Waals surface area contributed by atoms with E-state index >= 15 is 0 Å². The Morgan fingerprint density at radius 1 is 1.35 bits per heavy atom. The molecule has 0 radical (unpaired) electrons. The average molecular weight is 231 g/mol. The highest BCUT2D eigenvalue weighted by molar-refractivity contribution is 5.87. The first-order chi connectivity index (χ1) is 7.99. The van der Waals surface area contributed by atoms with Gasteiger partial charge in [-0.25, -0.2) is 0 Å². The lowest BCUT2D eigenvalue weighted by atomic mass is 10.1. The summed E-state index contributed by atoms with van der Waals surface area (Å²) in [6.45, 7) is 4.39. The Kier molecular flexibility index (Phi) is 3.03. The molecular weight excluding hydrogens is 214 g/mol. The van der Waals surface area contributed by atoms with Crippen molar-refractivity contribution in [3.8, 4) is 0 Å². The number of fused-ring (bicyclic) bond motifs is 1. The molecule has 0 saturated carbocycles. The first kappa shape index (κ1) is 11.9. The van der Waals surface area contributed by atoms with E-state index in [1.165, 1.54) is 0 Å². The zero-order chi connectivity index (χ0) is 12.5. The van der Waals surface area contributed by atoms with Gasteiger partial charge in [-0.05, 0) is 44.5 Å². The van der Waals surface area contributed by atoms with Crippen LogP contribution >= 0.6 is 0 Å². The SMILES string of the molecule is CC(C)(O)CCn1ccc2cc(C=O)ccc21. The van der Waals surface area contributed by atoms with E-state index in [0.717, 1.165) is 23.7 Å². The summed E-state index contributed by atoms with van der Waals surface area (Å²) in [5, 5.41) is 10.8. The van der Waals surface area contributed by atoms with E-state index in [-0.39, 0.29) is 0 Å². The van der Waals surface area contributed by atoms with Gasteiger partial charge in [-0.1, -0.05) is 0 Å². The maximum Gasteiger partial charge on any atom is 0.150 e. The topological polar surface area (TPSA) is 42.2 Å². The number of aryl methyl sites for hydroxylation is 1. The molecule has 2 rings (SSSR count). The second-order valence-corrected chi connectivity index (χ2v) is 5.01. The maximum atomic E-state index is 10.7. The zero-order valence-corrected chi connectivity index (χ0v) is 10.2. The van der Waals surface area contributed by atoms with Crippen LogP contribution in [0.25, 0.3) is 10.9 Å². The summed E-state index contributed by atoms with van der Waals surface area (Å²) in [5.41, 5.74) is 1.14. The molecule has 17 heavy (non-hydrogen) atoms. The molecule has 1 aromatic heterocycles. The van der Waals surface area contributed by atoms with Crippen molar-refractivity contribution in [2.75, 3.05) is 0 Å². The van der Waals surface area contributed by atoms with Crippen molar-refractivity contribution < 1.29 is 9.90 Å². The van der Waals surface area contributed by atoms with Crippen LogP contribution in [-0.2, 0) is 6.54 Å². The number of aliphatic hydroxyl groups is 1. The third kappa shape index (κ3) is 2.74. The normalized spacial score (nSPS) is 11.9. The van der Waals surface area contributed by atoms with Crippen molar-refractivity contribution in [1.29, 1.82) is 0 Å². The van der Waals surface area contributed by atoms with Gasteiger partial charge >= 0.3 is 0 Å². The van der Waals surface area contributed by atoms with Crippen molar-refractivity contribution in [2.45, 2.75) is 32.4 Å². The Bertz CT molecular complexity index is 535. The summed E-state index contributed by atoms with van der Waals surface area (Å²) in [6.07, 6.45) is 3.55. The third-order valence-electron chi connectivity index (χ3n) is 2.90. The largest absolute Gasteiger partial charge is 0.390 e. The highest BCUT2D eigenvalue weighted by Crippen LogP contribution is 2.19. The molecule has 3 heteroatoms.